The summed E-state index contributed by atoms with van der Waals surface area (Å²) in [6.45, 7) is 2.41. The molecule has 1 fully saturated rings. The number of benzene rings is 4. The summed E-state index contributed by atoms with van der Waals surface area (Å²) in [5, 5.41) is 20.2. The normalized spacial score (nSPS) is 15.9. The number of Topliss-reactive ketones (excluding diaryl/α,β-unsaturated/α-hetero) is 1. The van der Waals surface area contributed by atoms with E-state index in [0.29, 0.717) is 33.6 Å². The second kappa shape index (κ2) is 13.5. The number of hydrogen-bond donors (Lipinski definition) is 1. The molecule has 45 heavy (non-hydrogen) atoms. The quantitative estimate of drug-likeness (QED) is 0.0407. The highest BCUT2D eigenvalue weighted by Gasteiger charge is 2.48. The third-order valence-corrected chi connectivity index (χ3v) is 10.1. The van der Waals surface area contributed by atoms with Crippen LogP contribution in [0.3, 0.4) is 0 Å². The van der Waals surface area contributed by atoms with Gasteiger partial charge in [-0.05, 0) is 100 Å². The first-order valence-electron chi connectivity index (χ1n) is 13.8. The van der Waals surface area contributed by atoms with E-state index in [4.69, 9.17) is 4.74 Å². The largest absolute Gasteiger partial charge is 0.507 e. The van der Waals surface area contributed by atoms with Gasteiger partial charge in [-0.3, -0.25) is 14.5 Å². The van der Waals surface area contributed by atoms with E-state index < -0.39 is 17.7 Å². The van der Waals surface area contributed by atoms with Crippen molar-refractivity contribution in [1.29, 1.82) is 0 Å². The van der Waals surface area contributed by atoms with Crippen LogP contribution in [-0.4, -0.2) is 27.0 Å². The van der Waals surface area contributed by atoms with Gasteiger partial charge in [-0.2, -0.15) is 0 Å². The van der Waals surface area contributed by atoms with Gasteiger partial charge in [0.2, 0.25) is 5.13 Å². The Hall–Kier alpha value is -4.07. The fourth-order valence-electron chi connectivity index (χ4n) is 4.87. The first-order chi connectivity index (χ1) is 21.8. The summed E-state index contributed by atoms with van der Waals surface area (Å²) >= 11 is 4.75. The van der Waals surface area contributed by atoms with Crippen LogP contribution in [0.4, 0.5) is 9.52 Å². The number of halogens is 2. The monoisotopic (exact) mass is 749 g/mol. The Balaban J connectivity index is 1.29. The lowest BCUT2D eigenvalue weighted by molar-refractivity contribution is -0.132. The lowest BCUT2D eigenvalue weighted by Gasteiger charge is -2.22. The van der Waals surface area contributed by atoms with Crippen LogP contribution < -0.4 is 9.64 Å². The molecule has 5 aromatic rings. The van der Waals surface area contributed by atoms with Gasteiger partial charge in [0.15, 0.2) is 4.34 Å². The van der Waals surface area contributed by atoms with Crippen molar-refractivity contribution < 1.29 is 23.8 Å². The molecular formula is C34H25FIN3O4S2. The maximum atomic E-state index is 13.5. The first-order valence-corrected chi connectivity index (χ1v) is 16.7. The van der Waals surface area contributed by atoms with Crippen LogP contribution in [0.25, 0.3) is 5.76 Å². The van der Waals surface area contributed by atoms with Gasteiger partial charge in [-0.15, -0.1) is 10.2 Å². The zero-order chi connectivity index (χ0) is 31.5. The summed E-state index contributed by atoms with van der Waals surface area (Å²) in [5.41, 5.74) is 4.08. The summed E-state index contributed by atoms with van der Waals surface area (Å²) < 4.78 is 20.8. The Bertz CT molecular complexity index is 1890. The van der Waals surface area contributed by atoms with Crippen molar-refractivity contribution in [3.63, 3.8) is 0 Å². The van der Waals surface area contributed by atoms with Crippen molar-refractivity contribution in [2.24, 2.45) is 0 Å². The second-order valence-corrected chi connectivity index (χ2v) is 13.6. The molecule has 1 unspecified atom stereocenters. The van der Waals surface area contributed by atoms with E-state index in [0.717, 1.165) is 20.3 Å². The van der Waals surface area contributed by atoms with Gasteiger partial charge in [0.1, 0.15) is 23.9 Å². The third kappa shape index (κ3) is 6.80. The standard InChI is InChI=1S/C34H25FIN3O4S2/c1-20-4-2-3-5-24(20)18-43-27-16-10-23(11-17-27)30(40)28-29(22-8-14-26(36)15-9-22)39(32(42)31(28)41)33-37-38-34(45-33)44-19-21-6-12-25(35)13-7-21/h2-17,29,40H,18-19H2,1H3/b30-28+. The molecule has 1 aliphatic rings. The molecule has 0 bridgehead atoms. The lowest BCUT2D eigenvalue weighted by atomic mass is 9.95. The molecule has 7 nitrogen and oxygen atoms in total. The SMILES string of the molecule is Cc1ccccc1COc1ccc(/C(O)=C2\C(=O)C(=O)N(c3nnc(SCc4ccc(F)cc4)s3)C2c2ccc(I)cc2)cc1. The predicted octanol–water partition coefficient (Wildman–Crippen LogP) is 8.09. The molecule has 1 aliphatic heterocycles. The number of nitrogens with zero attached hydrogens (tertiary/aromatic N) is 3. The van der Waals surface area contributed by atoms with Crippen LogP contribution in [0.15, 0.2) is 107 Å². The van der Waals surface area contributed by atoms with Gasteiger partial charge in [0.25, 0.3) is 5.78 Å². The van der Waals surface area contributed by atoms with Gasteiger partial charge in [0, 0.05) is 14.9 Å². The van der Waals surface area contributed by atoms with Crippen LogP contribution in [-0.2, 0) is 21.9 Å². The van der Waals surface area contributed by atoms with Crippen LogP contribution in [0, 0.1) is 16.3 Å². The highest BCUT2D eigenvalue weighted by molar-refractivity contribution is 14.1. The minimum atomic E-state index is -0.915. The number of ketones is 1. The minimum Gasteiger partial charge on any atom is -0.507 e. The number of ether oxygens (including phenoxy) is 1. The van der Waals surface area contributed by atoms with E-state index in [1.807, 2.05) is 55.5 Å². The third-order valence-electron chi connectivity index (χ3n) is 7.29. The van der Waals surface area contributed by atoms with Crippen molar-refractivity contribution in [2.75, 3.05) is 4.90 Å². The van der Waals surface area contributed by atoms with Crippen molar-refractivity contribution >= 4 is 68.3 Å². The highest BCUT2D eigenvalue weighted by Crippen LogP contribution is 2.44. The number of carbonyl (C=O) groups is 2. The maximum absolute atomic E-state index is 13.5. The van der Waals surface area contributed by atoms with Crippen molar-refractivity contribution in [3.05, 3.63) is 140 Å². The molecule has 226 valence electrons. The van der Waals surface area contributed by atoms with Gasteiger partial charge in [-0.25, -0.2) is 4.39 Å². The second-order valence-electron chi connectivity index (χ2n) is 10.2. The summed E-state index contributed by atoms with van der Waals surface area (Å²) in [6, 6.07) is 27.4. The molecular weight excluding hydrogens is 724 g/mol. The van der Waals surface area contributed by atoms with Crippen LogP contribution in [0.1, 0.15) is 33.9 Å². The average Bonchev–Trinajstić information content (AvgIpc) is 3.62. The van der Waals surface area contributed by atoms with Crippen LogP contribution in [0.5, 0.6) is 5.75 Å². The number of carbonyl (C=O) groups excluding carboxylic acids is 2. The van der Waals surface area contributed by atoms with Crippen LogP contribution >= 0.6 is 45.7 Å². The summed E-state index contributed by atoms with van der Waals surface area (Å²) in [5.74, 6) is -1.09. The molecule has 11 heteroatoms. The molecule has 1 aromatic heterocycles. The van der Waals surface area contributed by atoms with Gasteiger partial charge in [-0.1, -0.05) is 71.6 Å². The van der Waals surface area contributed by atoms with E-state index in [2.05, 4.69) is 32.8 Å². The van der Waals surface area contributed by atoms with Crippen molar-refractivity contribution in [3.8, 4) is 5.75 Å². The molecule has 0 radical (unpaired) electrons. The van der Waals surface area contributed by atoms with E-state index in [-0.39, 0.29) is 22.3 Å². The fraction of sp³-hybridized carbons (Fsp3) is 0.118. The smallest absolute Gasteiger partial charge is 0.301 e. The molecule has 6 rings (SSSR count). The number of aliphatic hydroxyl groups is 1. The number of hydrogen-bond acceptors (Lipinski definition) is 8. The average molecular weight is 750 g/mol. The number of thioether (sulfide) groups is 1. The summed E-state index contributed by atoms with van der Waals surface area (Å²) in [4.78, 5) is 28.4. The molecule has 0 spiro atoms. The Kier molecular flexibility index (Phi) is 9.29. The predicted molar refractivity (Wildman–Crippen MR) is 182 cm³/mol. The maximum Gasteiger partial charge on any atom is 0.301 e. The zero-order valence-electron chi connectivity index (χ0n) is 23.8. The molecule has 2 heterocycles. The van der Waals surface area contributed by atoms with E-state index in [1.54, 1.807) is 36.4 Å². The Morgan fingerprint density at radius 2 is 1.69 bits per heavy atom. The number of aromatic nitrogens is 2. The molecule has 0 aliphatic carbocycles. The minimum absolute atomic E-state index is 0.0366. The molecule has 1 amide bonds. The Morgan fingerprint density at radius 3 is 2.40 bits per heavy atom. The molecule has 1 atom stereocenters. The first kappa shape index (κ1) is 30.9. The van der Waals surface area contributed by atoms with E-state index >= 15 is 0 Å². The van der Waals surface area contributed by atoms with E-state index in [9.17, 15) is 19.1 Å². The zero-order valence-corrected chi connectivity index (χ0v) is 27.6. The van der Waals surface area contributed by atoms with Gasteiger partial charge >= 0.3 is 5.91 Å². The van der Waals surface area contributed by atoms with E-state index in [1.165, 1.54) is 40.1 Å². The van der Waals surface area contributed by atoms with Crippen molar-refractivity contribution in [2.45, 2.75) is 29.7 Å². The lowest BCUT2D eigenvalue weighted by Crippen LogP contribution is -2.29. The number of aliphatic hydroxyl groups excluding tert-OH is 1. The number of rotatable bonds is 9. The number of aryl methyl sites for hydroxylation is 1. The molecule has 1 saturated heterocycles. The van der Waals surface area contributed by atoms with Gasteiger partial charge < -0.3 is 9.84 Å². The number of amides is 1. The Morgan fingerprint density at radius 1 is 0.978 bits per heavy atom. The van der Waals surface area contributed by atoms with Crippen LogP contribution in [0.2, 0.25) is 0 Å². The Labute approximate surface area is 280 Å². The van der Waals surface area contributed by atoms with Gasteiger partial charge in [0.05, 0.1) is 11.6 Å². The molecule has 0 saturated carbocycles. The summed E-state index contributed by atoms with van der Waals surface area (Å²) in [6.07, 6.45) is 0. The highest BCUT2D eigenvalue weighted by atomic mass is 127. The summed E-state index contributed by atoms with van der Waals surface area (Å²) in [7, 11) is 0. The number of anilines is 1. The van der Waals surface area contributed by atoms with Crippen molar-refractivity contribution in [1.82, 2.24) is 10.2 Å². The topological polar surface area (TPSA) is 92.6 Å². The molecule has 4 aromatic carbocycles. The molecule has 1 N–H and O–H groups in total. The fourth-order valence-corrected chi connectivity index (χ4v) is 7.05.